The van der Waals surface area contributed by atoms with Gasteiger partial charge in [0, 0.05) is 10.8 Å². The molecular formula is C15H12ClNO2S3. The third-order valence-corrected chi connectivity index (χ3v) is 7.16. The van der Waals surface area contributed by atoms with E-state index in [-0.39, 0.29) is 10.9 Å². The smallest absolute Gasteiger partial charge is 0.242 e. The van der Waals surface area contributed by atoms with Crippen LogP contribution in [0.15, 0.2) is 59.5 Å². The minimum atomic E-state index is -3.69. The highest BCUT2D eigenvalue weighted by Crippen LogP contribution is 2.39. The summed E-state index contributed by atoms with van der Waals surface area (Å²) in [5, 5.41) is 0.497. The first-order chi connectivity index (χ1) is 10.5. The normalized spacial score (nSPS) is 18.7. The Morgan fingerprint density at radius 2 is 1.73 bits per heavy atom. The second-order valence-corrected chi connectivity index (χ2v) is 8.66. The van der Waals surface area contributed by atoms with Crippen molar-refractivity contribution in [1.29, 1.82) is 0 Å². The number of nitrogens with zero attached hydrogens (tertiary/aromatic N) is 1. The molecule has 1 aliphatic heterocycles. The highest BCUT2D eigenvalue weighted by Gasteiger charge is 2.39. The van der Waals surface area contributed by atoms with Gasteiger partial charge < -0.3 is 0 Å². The molecule has 0 spiro atoms. The zero-order valence-corrected chi connectivity index (χ0v) is 14.6. The van der Waals surface area contributed by atoms with Gasteiger partial charge in [-0.3, -0.25) is 0 Å². The first-order valence-electron chi connectivity index (χ1n) is 6.52. The molecule has 0 aliphatic carbocycles. The van der Waals surface area contributed by atoms with Crippen molar-refractivity contribution in [3.05, 3.63) is 65.2 Å². The van der Waals surface area contributed by atoms with Gasteiger partial charge in [-0.25, -0.2) is 12.7 Å². The lowest BCUT2D eigenvalue weighted by molar-refractivity contribution is 0.481. The minimum Gasteiger partial charge on any atom is -0.242 e. The molecule has 1 heterocycles. The van der Waals surface area contributed by atoms with Crippen molar-refractivity contribution < 1.29 is 8.42 Å². The average Bonchev–Trinajstić information content (AvgIpc) is 2.91. The third-order valence-electron chi connectivity index (χ3n) is 3.38. The van der Waals surface area contributed by atoms with E-state index in [1.165, 1.54) is 28.2 Å². The standard InChI is InChI=1S/C15H12ClNO2S3/c16-12-6-8-13(9-7-12)22(18,19)17-14(10-21-15(17)20)11-4-2-1-3-5-11/h1-9,14H,10H2/t14-/m1/s1. The van der Waals surface area contributed by atoms with Crippen molar-refractivity contribution in [2.45, 2.75) is 10.9 Å². The number of sulfonamides is 1. The fraction of sp³-hybridized carbons (Fsp3) is 0.133. The average molecular weight is 370 g/mol. The van der Waals surface area contributed by atoms with E-state index < -0.39 is 10.0 Å². The fourth-order valence-electron chi connectivity index (χ4n) is 2.30. The first kappa shape index (κ1) is 15.8. The monoisotopic (exact) mass is 369 g/mol. The molecule has 1 atom stereocenters. The summed E-state index contributed by atoms with van der Waals surface area (Å²) in [7, 11) is -3.69. The molecule has 2 aromatic carbocycles. The largest absolute Gasteiger partial charge is 0.265 e. The van der Waals surface area contributed by atoms with Crippen LogP contribution in [-0.2, 0) is 10.0 Å². The Hall–Kier alpha value is -1.08. The predicted molar refractivity (Wildman–Crippen MR) is 94.7 cm³/mol. The number of thioether (sulfide) groups is 1. The van der Waals surface area contributed by atoms with Gasteiger partial charge in [0.25, 0.3) is 10.0 Å². The molecule has 3 nitrogen and oxygen atoms in total. The maximum absolute atomic E-state index is 12.9. The molecular weight excluding hydrogens is 358 g/mol. The summed E-state index contributed by atoms with van der Waals surface area (Å²) in [5.41, 5.74) is 0.937. The minimum absolute atomic E-state index is 0.197. The zero-order chi connectivity index (χ0) is 15.7. The van der Waals surface area contributed by atoms with Gasteiger partial charge in [0.1, 0.15) is 0 Å². The summed E-state index contributed by atoms with van der Waals surface area (Å²) in [4.78, 5) is 0.197. The van der Waals surface area contributed by atoms with Crippen LogP contribution in [0.25, 0.3) is 0 Å². The molecule has 22 heavy (non-hydrogen) atoms. The van der Waals surface area contributed by atoms with Crippen LogP contribution in [0.4, 0.5) is 0 Å². The van der Waals surface area contributed by atoms with E-state index in [2.05, 4.69) is 0 Å². The van der Waals surface area contributed by atoms with Crippen molar-refractivity contribution in [3.63, 3.8) is 0 Å². The van der Waals surface area contributed by atoms with Gasteiger partial charge in [-0.15, -0.1) is 0 Å². The van der Waals surface area contributed by atoms with E-state index in [0.29, 0.717) is 15.1 Å². The first-order valence-corrected chi connectivity index (χ1v) is 9.73. The lowest BCUT2D eigenvalue weighted by Crippen LogP contribution is -2.33. The quantitative estimate of drug-likeness (QED) is 0.763. The van der Waals surface area contributed by atoms with Crippen molar-refractivity contribution in [1.82, 2.24) is 4.31 Å². The predicted octanol–water partition coefficient (Wildman–Crippen LogP) is 4.10. The molecule has 114 valence electrons. The van der Waals surface area contributed by atoms with E-state index in [1.807, 2.05) is 30.3 Å². The molecule has 2 aromatic rings. The number of rotatable bonds is 3. The molecule has 0 radical (unpaired) electrons. The molecule has 1 fully saturated rings. The van der Waals surface area contributed by atoms with E-state index in [1.54, 1.807) is 12.1 Å². The number of halogens is 1. The van der Waals surface area contributed by atoms with Gasteiger partial charge in [-0.1, -0.05) is 65.9 Å². The number of benzene rings is 2. The molecule has 0 bridgehead atoms. The topological polar surface area (TPSA) is 37.4 Å². The molecule has 1 aliphatic rings. The van der Waals surface area contributed by atoms with Gasteiger partial charge in [0.05, 0.1) is 10.9 Å². The maximum atomic E-state index is 12.9. The lowest BCUT2D eigenvalue weighted by Gasteiger charge is -2.25. The van der Waals surface area contributed by atoms with Crippen LogP contribution < -0.4 is 0 Å². The zero-order valence-electron chi connectivity index (χ0n) is 11.3. The molecule has 1 saturated heterocycles. The second-order valence-electron chi connectivity index (χ2n) is 4.76. The summed E-state index contributed by atoms with van der Waals surface area (Å²) in [5.74, 6) is 0.621. The summed E-state index contributed by atoms with van der Waals surface area (Å²) in [6.07, 6.45) is 0. The van der Waals surface area contributed by atoms with E-state index >= 15 is 0 Å². The van der Waals surface area contributed by atoms with Gasteiger partial charge in [0.2, 0.25) is 0 Å². The highest BCUT2D eigenvalue weighted by atomic mass is 35.5. The van der Waals surface area contributed by atoms with Gasteiger partial charge in [-0.2, -0.15) is 0 Å². The highest BCUT2D eigenvalue weighted by molar-refractivity contribution is 8.24. The van der Waals surface area contributed by atoms with Crippen LogP contribution in [-0.4, -0.2) is 22.8 Å². The molecule has 0 aromatic heterocycles. The van der Waals surface area contributed by atoms with Crippen molar-refractivity contribution in [3.8, 4) is 0 Å². The Morgan fingerprint density at radius 1 is 1.09 bits per heavy atom. The number of hydrogen-bond donors (Lipinski definition) is 0. The Labute approximate surface area is 144 Å². The Kier molecular flexibility index (Phi) is 4.45. The molecule has 3 rings (SSSR count). The van der Waals surface area contributed by atoms with Crippen molar-refractivity contribution >= 4 is 49.9 Å². The summed E-state index contributed by atoms with van der Waals surface area (Å²) in [6, 6.07) is 15.4. The molecule has 0 amide bonds. The summed E-state index contributed by atoms with van der Waals surface area (Å²) < 4.78 is 27.6. The van der Waals surface area contributed by atoms with E-state index in [9.17, 15) is 8.42 Å². The van der Waals surface area contributed by atoms with Crippen molar-refractivity contribution in [2.24, 2.45) is 0 Å². The van der Waals surface area contributed by atoms with Crippen LogP contribution in [0.2, 0.25) is 5.02 Å². The maximum Gasteiger partial charge on any atom is 0.265 e. The number of thiocarbonyl (C=S) groups is 1. The summed E-state index contributed by atoms with van der Waals surface area (Å²) in [6.45, 7) is 0. The Balaban J connectivity index is 2.03. The van der Waals surface area contributed by atoms with Crippen LogP contribution in [0.1, 0.15) is 11.6 Å². The Bertz CT molecular complexity index is 791. The lowest BCUT2D eigenvalue weighted by atomic mass is 10.1. The number of hydrogen-bond acceptors (Lipinski definition) is 4. The van der Waals surface area contributed by atoms with Gasteiger partial charge in [-0.05, 0) is 29.8 Å². The summed E-state index contributed by atoms with van der Waals surface area (Å²) >= 11 is 12.5. The molecule has 7 heteroatoms. The van der Waals surface area contributed by atoms with E-state index in [0.717, 1.165) is 5.56 Å². The van der Waals surface area contributed by atoms with E-state index in [4.69, 9.17) is 23.8 Å². The second kappa shape index (κ2) is 6.20. The van der Waals surface area contributed by atoms with Crippen LogP contribution in [0.3, 0.4) is 0 Å². The molecule has 0 N–H and O–H groups in total. The van der Waals surface area contributed by atoms with Crippen LogP contribution in [0.5, 0.6) is 0 Å². The molecule has 0 saturated carbocycles. The third kappa shape index (κ3) is 2.88. The Morgan fingerprint density at radius 3 is 2.36 bits per heavy atom. The molecule has 0 unspecified atom stereocenters. The fourth-order valence-corrected chi connectivity index (χ4v) is 5.93. The van der Waals surface area contributed by atoms with Crippen molar-refractivity contribution in [2.75, 3.05) is 5.75 Å². The van der Waals surface area contributed by atoms with Gasteiger partial charge >= 0.3 is 0 Å². The van der Waals surface area contributed by atoms with Crippen LogP contribution >= 0.6 is 35.6 Å². The van der Waals surface area contributed by atoms with Gasteiger partial charge in [0.15, 0.2) is 4.32 Å². The SMILES string of the molecule is O=S(=O)(c1ccc(Cl)cc1)N1C(=S)SC[C@@H]1c1ccccc1. The van der Waals surface area contributed by atoms with Crippen LogP contribution in [0, 0.1) is 0 Å².